The van der Waals surface area contributed by atoms with Crippen molar-refractivity contribution in [3.8, 4) is 0 Å². The van der Waals surface area contributed by atoms with Crippen LogP contribution in [0, 0.1) is 0 Å². The summed E-state index contributed by atoms with van der Waals surface area (Å²) >= 11 is 6.52. The summed E-state index contributed by atoms with van der Waals surface area (Å²) in [6, 6.07) is 10.6. The number of rotatable bonds is 3. The van der Waals surface area contributed by atoms with Gasteiger partial charge in [-0.15, -0.1) is 0 Å². The van der Waals surface area contributed by atoms with Gasteiger partial charge in [-0.25, -0.2) is 0 Å². The molecule has 1 aromatic heterocycles. The molecule has 2 aromatic rings. The second-order valence-corrected chi connectivity index (χ2v) is 5.23. The van der Waals surface area contributed by atoms with Gasteiger partial charge in [0.15, 0.2) is 4.67 Å². The summed E-state index contributed by atoms with van der Waals surface area (Å²) in [6.45, 7) is 0. The monoisotopic (exact) mass is 359 g/mol. The molecule has 2 unspecified atom stereocenters. The fraction of sp³-hybridized carbons (Fsp3) is 0.167. The zero-order valence-corrected chi connectivity index (χ0v) is 12.0. The first-order chi connectivity index (χ1) is 8.09. The topological polar surface area (TPSA) is 59.4 Å². The minimum atomic E-state index is -0.875. The molecule has 1 aromatic carbocycles. The number of aliphatic hydroxyl groups excluding tert-OH is 1. The lowest BCUT2D eigenvalue weighted by molar-refractivity contribution is 0.120. The van der Waals surface area contributed by atoms with Crippen LogP contribution in [0.5, 0.6) is 0 Å². The summed E-state index contributed by atoms with van der Waals surface area (Å²) < 4.78 is 6.66. The first-order valence-electron chi connectivity index (χ1n) is 5.03. The van der Waals surface area contributed by atoms with E-state index >= 15 is 0 Å². The van der Waals surface area contributed by atoms with Crippen molar-refractivity contribution in [1.82, 2.24) is 0 Å². The fourth-order valence-electron chi connectivity index (χ4n) is 1.54. The molecule has 0 aliphatic rings. The molecular weight excluding hydrogens is 350 g/mol. The lowest BCUT2D eigenvalue weighted by atomic mass is 10.0. The summed E-state index contributed by atoms with van der Waals surface area (Å²) in [4.78, 5) is 0. The van der Waals surface area contributed by atoms with Crippen molar-refractivity contribution in [3.63, 3.8) is 0 Å². The fourth-order valence-corrected chi connectivity index (χ4v) is 2.15. The van der Waals surface area contributed by atoms with Gasteiger partial charge in [-0.3, -0.25) is 0 Å². The SMILES string of the molecule is NC(c1ccccc1)C(O)c1cc(Br)c(Br)o1. The molecule has 0 fully saturated rings. The summed E-state index contributed by atoms with van der Waals surface area (Å²) in [5.41, 5.74) is 6.85. The maximum atomic E-state index is 10.1. The number of aliphatic hydroxyl groups is 1. The first-order valence-corrected chi connectivity index (χ1v) is 6.61. The number of nitrogens with two attached hydrogens (primary N) is 1. The molecule has 0 aliphatic carbocycles. The van der Waals surface area contributed by atoms with Crippen molar-refractivity contribution in [1.29, 1.82) is 0 Å². The zero-order valence-electron chi connectivity index (χ0n) is 8.81. The van der Waals surface area contributed by atoms with E-state index in [0.29, 0.717) is 10.4 Å². The molecule has 0 saturated heterocycles. The highest BCUT2D eigenvalue weighted by Crippen LogP contribution is 2.34. The number of hydrogen-bond acceptors (Lipinski definition) is 3. The van der Waals surface area contributed by atoms with Crippen LogP contribution in [-0.2, 0) is 0 Å². The summed E-state index contributed by atoms with van der Waals surface area (Å²) in [5, 5.41) is 10.1. The van der Waals surface area contributed by atoms with Crippen LogP contribution in [0.15, 0.2) is 50.0 Å². The van der Waals surface area contributed by atoms with Gasteiger partial charge in [0.25, 0.3) is 0 Å². The third-order valence-corrected chi connectivity index (χ3v) is 4.19. The predicted molar refractivity (Wildman–Crippen MR) is 72.4 cm³/mol. The zero-order chi connectivity index (χ0) is 12.4. The molecule has 0 radical (unpaired) electrons. The standard InChI is InChI=1S/C12H11Br2NO2/c13-8-6-9(17-12(8)14)11(16)10(15)7-4-2-1-3-5-7/h1-6,10-11,16H,15H2. The molecule has 17 heavy (non-hydrogen) atoms. The second kappa shape index (κ2) is 5.35. The number of halogens is 2. The van der Waals surface area contributed by atoms with Gasteiger partial charge in [0.1, 0.15) is 11.9 Å². The normalized spacial score (nSPS) is 14.6. The van der Waals surface area contributed by atoms with E-state index in [1.165, 1.54) is 0 Å². The Hall–Kier alpha value is -0.620. The van der Waals surface area contributed by atoms with Crippen molar-refractivity contribution in [2.75, 3.05) is 0 Å². The molecule has 0 aliphatic heterocycles. The van der Waals surface area contributed by atoms with E-state index in [2.05, 4.69) is 31.9 Å². The Bertz CT molecular complexity index is 479. The molecule has 1 heterocycles. The Morgan fingerprint density at radius 2 is 1.82 bits per heavy atom. The van der Waals surface area contributed by atoms with Gasteiger partial charge in [-0.1, -0.05) is 30.3 Å². The van der Waals surface area contributed by atoms with E-state index in [1.54, 1.807) is 6.07 Å². The van der Waals surface area contributed by atoms with Gasteiger partial charge in [-0.2, -0.15) is 0 Å². The van der Waals surface area contributed by atoms with E-state index in [4.69, 9.17) is 10.2 Å². The highest BCUT2D eigenvalue weighted by Gasteiger charge is 2.22. The average molecular weight is 361 g/mol. The summed E-state index contributed by atoms with van der Waals surface area (Å²) in [6.07, 6.45) is -0.875. The van der Waals surface area contributed by atoms with Gasteiger partial charge >= 0.3 is 0 Å². The number of benzene rings is 1. The van der Waals surface area contributed by atoms with E-state index in [-0.39, 0.29) is 0 Å². The predicted octanol–water partition coefficient (Wildman–Crippen LogP) is 3.54. The van der Waals surface area contributed by atoms with E-state index in [0.717, 1.165) is 10.0 Å². The van der Waals surface area contributed by atoms with Crippen LogP contribution in [0.2, 0.25) is 0 Å². The molecule has 3 nitrogen and oxygen atoms in total. The molecule has 5 heteroatoms. The largest absolute Gasteiger partial charge is 0.450 e. The van der Waals surface area contributed by atoms with Crippen molar-refractivity contribution in [2.24, 2.45) is 5.73 Å². The van der Waals surface area contributed by atoms with Gasteiger partial charge in [0.2, 0.25) is 0 Å². The van der Waals surface area contributed by atoms with Crippen LogP contribution in [-0.4, -0.2) is 5.11 Å². The second-order valence-electron chi connectivity index (χ2n) is 3.65. The molecule has 3 N–H and O–H groups in total. The third-order valence-electron chi connectivity index (χ3n) is 2.48. The molecule has 0 saturated carbocycles. The van der Waals surface area contributed by atoms with E-state index in [1.807, 2.05) is 30.3 Å². The van der Waals surface area contributed by atoms with Crippen molar-refractivity contribution in [2.45, 2.75) is 12.1 Å². The molecule has 2 rings (SSSR count). The van der Waals surface area contributed by atoms with Crippen LogP contribution in [0.25, 0.3) is 0 Å². The minimum Gasteiger partial charge on any atom is -0.450 e. The Kier molecular flexibility index (Phi) is 4.04. The lowest BCUT2D eigenvalue weighted by Gasteiger charge is -2.16. The van der Waals surface area contributed by atoms with Crippen LogP contribution in [0.1, 0.15) is 23.5 Å². The molecule has 0 bridgehead atoms. The Labute approximate surface area is 116 Å². The molecule has 2 atom stereocenters. The average Bonchev–Trinajstić information content (AvgIpc) is 2.69. The highest BCUT2D eigenvalue weighted by molar-refractivity contribution is 9.13. The molecule has 0 spiro atoms. The Morgan fingerprint density at radius 3 is 2.35 bits per heavy atom. The maximum absolute atomic E-state index is 10.1. The van der Waals surface area contributed by atoms with Crippen LogP contribution < -0.4 is 5.73 Å². The Balaban J connectivity index is 2.23. The van der Waals surface area contributed by atoms with Gasteiger partial charge < -0.3 is 15.3 Å². The number of hydrogen-bond donors (Lipinski definition) is 2. The van der Waals surface area contributed by atoms with Crippen molar-refractivity contribution in [3.05, 3.63) is 56.9 Å². The first kappa shape index (κ1) is 12.8. The molecule has 0 amide bonds. The Morgan fingerprint density at radius 1 is 1.18 bits per heavy atom. The highest BCUT2D eigenvalue weighted by atomic mass is 79.9. The van der Waals surface area contributed by atoms with Gasteiger partial charge in [0.05, 0.1) is 10.5 Å². The molecular formula is C12H11Br2NO2. The van der Waals surface area contributed by atoms with Crippen molar-refractivity contribution >= 4 is 31.9 Å². The lowest BCUT2D eigenvalue weighted by Crippen LogP contribution is -2.19. The quantitative estimate of drug-likeness (QED) is 0.880. The number of furan rings is 1. The van der Waals surface area contributed by atoms with Gasteiger partial charge in [0, 0.05) is 0 Å². The summed E-state index contributed by atoms with van der Waals surface area (Å²) in [7, 11) is 0. The van der Waals surface area contributed by atoms with E-state index < -0.39 is 12.1 Å². The third kappa shape index (κ3) is 2.80. The maximum Gasteiger partial charge on any atom is 0.183 e. The van der Waals surface area contributed by atoms with Crippen LogP contribution in [0.3, 0.4) is 0 Å². The summed E-state index contributed by atoms with van der Waals surface area (Å²) in [5.74, 6) is 0.431. The van der Waals surface area contributed by atoms with Gasteiger partial charge in [-0.05, 0) is 43.5 Å². The minimum absolute atomic E-state index is 0.431. The van der Waals surface area contributed by atoms with Crippen LogP contribution in [0.4, 0.5) is 0 Å². The smallest absolute Gasteiger partial charge is 0.183 e. The van der Waals surface area contributed by atoms with E-state index in [9.17, 15) is 5.11 Å². The van der Waals surface area contributed by atoms with Crippen molar-refractivity contribution < 1.29 is 9.52 Å². The molecule has 90 valence electrons. The van der Waals surface area contributed by atoms with Crippen LogP contribution >= 0.6 is 31.9 Å².